The Morgan fingerprint density at radius 1 is 1.04 bits per heavy atom. The van der Waals surface area contributed by atoms with E-state index in [9.17, 15) is 4.79 Å². The summed E-state index contributed by atoms with van der Waals surface area (Å²) in [6, 6.07) is 8.87. The second kappa shape index (κ2) is 13.4. The number of hydrogen-bond donors (Lipinski definition) is 2. The molecule has 1 aliphatic rings. The van der Waals surface area contributed by atoms with Gasteiger partial charge in [-0.2, -0.15) is 0 Å². The summed E-state index contributed by atoms with van der Waals surface area (Å²) in [6.45, 7) is 5.47. The molecule has 1 fully saturated rings. The molecule has 1 aliphatic heterocycles. The average Bonchev–Trinajstić information content (AvgIpc) is 2.66. The minimum absolute atomic E-state index is 0. The fraction of sp³-hybridized carbons (Fsp3) is 0.389. The molecule has 2 heterocycles. The molecule has 0 aliphatic carbocycles. The average molecular weight is 450 g/mol. The lowest BCUT2D eigenvalue weighted by molar-refractivity contribution is 0.0951. The van der Waals surface area contributed by atoms with Crippen molar-refractivity contribution >= 4 is 54.8 Å². The number of benzene rings is 1. The first kappa shape index (κ1) is 26.2. The maximum atomic E-state index is 12.0. The molecule has 0 atom stereocenters. The van der Waals surface area contributed by atoms with Crippen molar-refractivity contribution in [2.75, 3.05) is 49.9 Å². The van der Waals surface area contributed by atoms with Crippen molar-refractivity contribution in [3.63, 3.8) is 0 Å². The Labute approximate surface area is 184 Å². The van der Waals surface area contributed by atoms with E-state index in [1.165, 1.54) is 0 Å². The predicted molar refractivity (Wildman–Crippen MR) is 120 cm³/mol. The van der Waals surface area contributed by atoms with Crippen molar-refractivity contribution in [3.8, 4) is 0 Å². The molecule has 1 saturated heterocycles. The van der Waals surface area contributed by atoms with Crippen LogP contribution in [0.15, 0.2) is 42.7 Å². The Balaban J connectivity index is 0.00000243. The largest absolute Gasteiger partial charge is 0.399 e. The first-order valence-corrected chi connectivity index (χ1v) is 8.60. The van der Waals surface area contributed by atoms with Gasteiger partial charge >= 0.3 is 0 Å². The van der Waals surface area contributed by atoms with Gasteiger partial charge in [0.2, 0.25) is 5.95 Å². The van der Waals surface area contributed by atoms with Crippen LogP contribution in [-0.2, 0) is 0 Å². The highest BCUT2D eigenvalue weighted by molar-refractivity contribution is 5.94. The van der Waals surface area contributed by atoms with Crippen LogP contribution in [0.2, 0.25) is 0 Å². The van der Waals surface area contributed by atoms with Crippen LogP contribution in [0.4, 0.5) is 11.6 Å². The number of hydrogen-bond acceptors (Lipinski definition) is 6. The second-order valence-corrected chi connectivity index (χ2v) is 6.11. The third-order valence-electron chi connectivity index (χ3n) is 4.29. The van der Waals surface area contributed by atoms with E-state index >= 15 is 0 Å². The molecular formula is C18H27Cl3N6O. The van der Waals surface area contributed by atoms with Crippen LogP contribution in [0.25, 0.3) is 0 Å². The third kappa shape index (κ3) is 7.67. The number of anilines is 2. The minimum Gasteiger partial charge on any atom is -0.399 e. The summed E-state index contributed by atoms with van der Waals surface area (Å²) in [7, 11) is 0. The van der Waals surface area contributed by atoms with Crippen molar-refractivity contribution in [1.82, 2.24) is 20.2 Å². The van der Waals surface area contributed by atoms with Gasteiger partial charge in [-0.25, -0.2) is 9.97 Å². The molecule has 156 valence electrons. The highest BCUT2D eigenvalue weighted by Crippen LogP contribution is 2.10. The zero-order valence-electron chi connectivity index (χ0n) is 15.5. The van der Waals surface area contributed by atoms with Crippen LogP contribution in [0, 0.1) is 0 Å². The number of amides is 1. The normalized spacial score (nSPS) is 13.5. The summed E-state index contributed by atoms with van der Waals surface area (Å²) < 4.78 is 0. The van der Waals surface area contributed by atoms with Gasteiger partial charge in [0.25, 0.3) is 5.91 Å². The number of halogens is 3. The number of piperazine rings is 1. The number of nitrogens with zero attached hydrogens (tertiary/aromatic N) is 4. The number of nitrogens with one attached hydrogen (secondary N) is 1. The molecule has 3 rings (SSSR count). The second-order valence-electron chi connectivity index (χ2n) is 6.11. The van der Waals surface area contributed by atoms with E-state index in [0.29, 0.717) is 17.8 Å². The van der Waals surface area contributed by atoms with Gasteiger partial charge in [0.15, 0.2) is 0 Å². The van der Waals surface area contributed by atoms with Gasteiger partial charge in [-0.15, -0.1) is 37.2 Å². The van der Waals surface area contributed by atoms with Crippen LogP contribution in [0.1, 0.15) is 16.8 Å². The molecule has 10 heteroatoms. The summed E-state index contributed by atoms with van der Waals surface area (Å²) >= 11 is 0. The van der Waals surface area contributed by atoms with E-state index in [0.717, 1.165) is 45.1 Å². The first-order valence-electron chi connectivity index (χ1n) is 8.60. The SMILES string of the molecule is Cl.Cl.Cl.Nc1cccc(C(=O)NCCCN2CCN(c3ncccn3)CC2)c1. The topological polar surface area (TPSA) is 87.4 Å². The van der Waals surface area contributed by atoms with Crippen LogP contribution >= 0.6 is 37.2 Å². The van der Waals surface area contributed by atoms with Crippen molar-refractivity contribution < 1.29 is 4.79 Å². The Morgan fingerprint density at radius 3 is 2.36 bits per heavy atom. The van der Waals surface area contributed by atoms with Gasteiger partial charge in [0.1, 0.15) is 0 Å². The number of nitrogens with two attached hydrogens (primary N) is 1. The van der Waals surface area contributed by atoms with Crippen molar-refractivity contribution in [2.45, 2.75) is 6.42 Å². The van der Waals surface area contributed by atoms with Gasteiger partial charge in [-0.1, -0.05) is 6.07 Å². The Kier molecular flexibility index (Phi) is 12.5. The first-order chi connectivity index (χ1) is 12.2. The zero-order chi connectivity index (χ0) is 17.5. The molecule has 0 bridgehead atoms. The molecular weight excluding hydrogens is 423 g/mol. The monoisotopic (exact) mass is 448 g/mol. The molecule has 7 nitrogen and oxygen atoms in total. The van der Waals surface area contributed by atoms with Crippen LogP contribution in [-0.4, -0.2) is 60.0 Å². The van der Waals surface area contributed by atoms with Gasteiger partial charge in [-0.05, 0) is 37.2 Å². The highest BCUT2D eigenvalue weighted by atomic mass is 35.5. The van der Waals surface area contributed by atoms with Crippen LogP contribution in [0.3, 0.4) is 0 Å². The molecule has 28 heavy (non-hydrogen) atoms. The fourth-order valence-corrected chi connectivity index (χ4v) is 2.91. The predicted octanol–water partition coefficient (Wildman–Crippen LogP) is 2.27. The summed E-state index contributed by atoms with van der Waals surface area (Å²) in [4.78, 5) is 25.3. The summed E-state index contributed by atoms with van der Waals surface area (Å²) in [6.07, 6.45) is 4.48. The van der Waals surface area contributed by atoms with Crippen molar-refractivity contribution in [3.05, 3.63) is 48.3 Å². The van der Waals surface area contributed by atoms with Crippen molar-refractivity contribution in [2.24, 2.45) is 0 Å². The lowest BCUT2D eigenvalue weighted by Crippen LogP contribution is -2.47. The Morgan fingerprint density at radius 2 is 1.71 bits per heavy atom. The molecule has 1 aromatic carbocycles. The molecule has 2 aromatic rings. The summed E-state index contributed by atoms with van der Waals surface area (Å²) in [5, 5.41) is 2.95. The standard InChI is InChI=1S/C18H24N6O.3ClH/c19-16-5-1-4-15(14-16)17(25)20-8-3-9-23-10-12-24(13-11-23)18-21-6-2-7-22-18;;;/h1-2,4-7,14H,3,8-13,19H2,(H,20,25);3*1H. The van der Waals surface area contributed by atoms with E-state index in [-0.39, 0.29) is 43.1 Å². The minimum atomic E-state index is -0.0710. The van der Waals surface area contributed by atoms with E-state index < -0.39 is 0 Å². The smallest absolute Gasteiger partial charge is 0.251 e. The van der Waals surface area contributed by atoms with E-state index in [2.05, 4.69) is 25.1 Å². The molecule has 0 radical (unpaired) electrons. The summed E-state index contributed by atoms with van der Waals surface area (Å²) in [5.41, 5.74) is 6.91. The van der Waals surface area contributed by atoms with E-state index in [4.69, 9.17) is 5.73 Å². The quantitative estimate of drug-likeness (QED) is 0.519. The maximum absolute atomic E-state index is 12.0. The molecule has 0 unspecified atom stereocenters. The molecule has 0 spiro atoms. The number of rotatable bonds is 6. The maximum Gasteiger partial charge on any atom is 0.251 e. The van der Waals surface area contributed by atoms with Gasteiger partial charge in [0, 0.05) is 56.4 Å². The number of nitrogen functional groups attached to an aromatic ring is 1. The van der Waals surface area contributed by atoms with Crippen molar-refractivity contribution in [1.29, 1.82) is 0 Å². The van der Waals surface area contributed by atoms with E-state index in [1.54, 1.807) is 36.7 Å². The Hall–Kier alpha value is -1.80. The van der Waals surface area contributed by atoms with Gasteiger partial charge in [-0.3, -0.25) is 9.69 Å². The Bertz CT molecular complexity index is 699. The molecule has 1 aromatic heterocycles. The number of carbonyl (C=O) groups is 1. The lowest BCUT2D eigenvalue weighted by atomic mass is 10.2. The molecule has 3 N–H and O–H groups in total. The number of aromatic nitrogens is 2. The van der Waals surface area contributed by atoms with Crippen LogP contribution in [0.5, 0.6) is 0 Å². The molecule has 1 amide bonds. The highest BCUT2D eigenvalue weighted by Gasteiger charge is 2.18. The zero-order valence-corrected chi connectivity index (χ0v) is 17.9. The van der Waals surface area contributed by atoms with E-state index in [1.807, 2.05) is 6.07 Å². The summed E-state index contributed by atoms with van der Waals surface area (Å²) in [5.74, 6) is 0.731. The van der Waals surface area contributed by atoms with Crippen LogP contribution < -0.4 is 16.0 Å². The lowest BCUT2D eigenvalue weighted by Gasteiger charge is -2.34. The third-order valence-corrected chi connectivity index (χ3v) is 4.29. The van der Waals surface area contributed by atoms with Gasteiger partial charge < -0.3 is 16.0 Å². The fourth-order valence-electron chi connectivity index (χ4n) is 2.91. The number of carbonyl (C=O) groups excluding carboxylic acids is 1. The van der Waals surface area contributed by atoms with Gasteiger partial charge in [0.05, 0.1) is 0 Å². The molecule has 0 saturated carbocycles.